The fourth-order valence-corrected chi connectivity index (χ4v) is 3.58. The van der Waals surface area contributed by atoms with E-state index in [0.29, 0.717) is 6.04 Å². The van der Waals surface area contributed by atoms with Crippen LogP contribution in [-0.4, -0.2) is 19.7 Å². The zero-order valence-electron chi connectivity index (χ0n) is 13.7. The zero-order chi connectivity index (χ0) is 15.6. The Morgan fingerprint density at radius 1 is 1.00 bits per heavy atom. The minimum Gasteiger partial charge on any atom is -0.497 e. The molecule has 0 amide bonds. The first-order valence-electron chi connectivity index (χ1n) is 8.09. The molecule has 1 saturated heterocycles. The van der Waals surface area contributed by atoms with Crippen molar-refractivity contribution >= 4 is 0 Å². The number of hydrogen-bond acceptors (Lipinski definition) is 2. The molecule has 0 bridgehead atoms. The molecule has 1 fully saturated rings. The molecule has 22 heavy (non-hydrogen) atoms. The maximum atomic E-state index is 5.31. The van der Waals surface area contributed by atoms with Crippen molar-refractivity contribution in [1.82, 2.24) is 5.32 Å². The number of aryl methyl sites for hydroxylation is 1. The van der Waals surface area contributed by atoms with Gasteiger partial charge in [0.1, 0.15) is 5.75 Å². The topological polar surface area (TPSA) is 21.3 Å². The van der Waals surface area contributed by atoms with E-state index in [9.17, 15) is 0 Å². The average Bonchev–Trinajstić information content (AvgIpc) is 3.10. The second kappa shape index (κ2) is 6.13. The lowest BCUT2D eigenvalue weighted by atomic mass is 9.70. The third-order valence-corrected chi connectivity index (χ3v) is 5.10. The molecule has 1 heterocycles. The molecular formula is C20H25NO. The van der Waals surface area contributed by atoms with Crippen molar-refractivity contribution < 1.29 is 4.74 Å². The van der Waals surface area contributed by atoms with Gasteiger partial charge in [-0.15, -0.1) is 0 Å². The summed E-state index contributed by atoms with van der Waals surface area (Å²) >= 11 is 0. The number of methoxy groups -OCH3 is 1. The number of hydrogen-bond donors (Lipinski definition) is 1. The summed E-state index contributed by atoms with van der Waals surface area (Å²) in [7, 11) is 1.71. The van der Waals surface area contributed by atoms with E-state index in [4.69, 9.17) is 4.74 Å². The minimum atomic E-state index is -0.0174. The van der Waals surface area contributed by atoms with Crippen LogP contribution in [0, 0.1) is 6.92 Å². The van der Waals surface area contributed by atoms with Crippen LogP contribution in [-0.2, 0) is 5.41 Å². The Bertz CT molecular complexity index is 611. The second-order valence-electron chi connectivity index (χ2n) is 6.45. The molecule has 3 rings (SSSR count). The summed E-state index contributed by atoms with van der Waals surface area (Å²) in [5, 5.41) is 3.71. The molecule has 0 aromatic heterocycles. The largest absolute Gasteiger partial charge is 0.497 e. The van der Waals surface area contributed by atoms with Gasteiger partial charge in [0.05, 0.1) is 7.11 Å². The van der Waals surface area contributed by atoms with E-state index in [-0.39, 0.29) is 5.41 Å². The highest BCUT2D eigenvalue weighted by Crippen LogP contribution is 2.39. The van der Waals surface area contributed by atoms with Crippen LogP contribution in [0.15, 0.2) is 48.5 Å². The molecule has 0 radical (unpaired) electrons. The Morgan fingerprint density at radius 3 is 2.09 bits per heavy atom. The summed E-state index contributed by atoms with van der Waals surface area (Å²) < 4.78 is 5.31. The highest BCUT2D eigenvalue weighted by molar-refractivity contribution is 5.43. The van der Waals surface area contributed by atoms with E-state index in [1.165, 1.54) is 29.5 Å². The van der Waals surface area contributed by atoms with Gasteiger partial charge < -0.3 is 10.1 Å². The molecule has 2 nitrogen and oxygen atoms in total. The van der Waals surface area contributed by atoms with Crippen molar-refractivity contribution in [2.45, 2.75) is 38.1 Å². The van der Waals surface area contributed by atoms with Crippen LogP contribution in [0.1, 0.15) is 36.5 Å². The van der Waals surface area contributed by atoms with Crippen molar-refractivity contribution in [2.24, 2.45) is 0 Å². The van der Waals surface area contributed by atoms with Crippen molar-refractivity contribution in [3.8, 4) is 5.75 Å². The van der Waals surface area contributed by atoms with Gasteiger partial charge in [-0.05, 0) is 56.5 Å². The Hall–Kier alpha value is -1.80. The number of nitrogens with one attached hydrogen (secondary N) is 1. The smallest absolute Gasteiger partial charge is 0.118 e. The van der Waals surface area contributed by atoms with Crippen LogP contribution >= 0.6 is 0 Å². The molecule has 0 saturated carbocycles. The van der Waals surface area contributed by atoms with Crippen LogP contribution in [0.4, 0.5) is 0 Å². The first-order chi connectivity index (χ1) is 10.6. The highest BCUT2D eigenvalue weighted by atomic mass is 16.5. The van der Waals surface area contributed by atoms with Crippen LogP contribution in [0.5, 0.6) is 5.75 Å². The molecule has 2 unspecified atom stereocenters. The fraction of sp³-hybridized carbons (Fsp3) is 0.400. The average molecular weight is 295 g/mol. The summed E-state index contributed by atoms with van der Waals surface area (Å²) in [5.74, 6) is 0.911. The molecule has 1 aliphatic rings. The highest BCUT2D eigenvalue weighted by Gasteiger charge is 2.38. The van der Waals surface area contributed by atoms with Crippen LogP contribution in [0.2, 0.25) is 0 Å². The molecule has 1 N–H and O–H groups in total. The Kier molecular flexibility index (Phi) is 4.21. The summed E-state index contributed by atoms with van der Waals surface area (Å²) in [5.41, 5.74) is 4.01. The molecule has 116 valence electrons. The predicted octanol–water partition coefficient (Wildman–Crippen LogP) is 4.06. The molecule has 2 atom stereocenters. The lowest BCUT2D eigenvalue weighted by Gasteiger charge is -2.37. The van der Waals surface area contributed by atoms with E-state index < -0.39 is 0 Å². The summed E-state index contributed by atoms with van der Waals surface area (Å²) in [6.07, 6.45) is 2.47. The quantitative estimate of drug-likeness (QED) is 0.918. The van der Waals surface area contributed by atoms with Gasteiger partial charge in [-0.3, -0.25) is 0 Å². The fourth-order valence-electron chi connectivity index (χ4n) is 3.58. The van der Waals surface area contributed by atoms with Gasteiger partial charge >= 0.3 is 0 Å². The van der Waals surface area contributed by atoms with Crippen molar-refractivity contribution in [3.05, 3.63) is 65.2 Å². The maximum absolute atomic E-state index is 5.31. The third-order valence-electron chi connectivity index (χ3n) is 5.10. The van der Waals surface area contributed by atoms with Gasteiger partial charge in [0.25, 0.3) is 0 Å². The molecular weight excluding hydrogens is 270 g/mol. The summed E-state index contributed by atoms with van der Waals surface area (Å²) in [4.78, 5) is 0. The van der Waals surface area contributed by atoms with Crippen molar-refractivity contribution in [1.29, 1.82) is 0 Å². The minimum absolute atomic E-state index is 0.0174. The van der Waals surface area contributed by atoms with E-state index in [2.05, 4.69) is 67.7 Å². The van der Waals surface area contributed by atoms with Gasteiger partial charge in [0, 0.05) is 11.5 Å². The van der Waals surface area contributed by atoms with E-state index in [1.807, 2.05) is 0 Å². The Balaban J connectivity index is 2.06. The lowest BCUT2D eigenvalue weighted by molar-refractivity contribution is 0.401. The summed E-state index contributed by atoms with van der Waals surface area (Å²) in [6.45, 7) is 5.62. The molecule has 2 aromatic rings. The van der Waals surface area contributed by atoms with E-state index in [0.717, 1.165) is 12.3 Å². The number of ether oxygens (including phenoxy) is 1. The van der Waals surface area contributed by atoms with Gasteiger partial charge in [-0.25, -0.2) is 0 Å². The summed E-state index contributed by atoms with van der Waals surface area (Å²) in [6, 6.07) is 18.0. The van der Waals surface area contributed by atoms with Gasteiger partial charge in [0.15, 0.2) is 0 Å². The van der Waals surface area contributed by atoms with Crippen molar-refractivity contribution in [3.63, 3.8) is 0 Å². The molecule has 1 aliphatic heterocycles. The zero-order valence-corrected chi connectivity index (χ0v) is 13.7. The standard InChI is InChI=1S/C20H25NO/c1-15-6-8-16(9-7-15)20(2,19-5-4-14-21-19)17-10-12-18(22-3)13-11-17/h6-13,19,21H,4-5,14H2,1-3H3. The van der Waals surface area contributed by atoms with Crippen molar-refractivity contribution in [2.75, 3.05) is 13.7 Å². The predicted molar refractivity (Wildman–Crippen MR) is 91.7 cm³/mol. The van der Waals surface area contributed by atoms with Gasteiger partial charge in [-0.1, -0.05) is 42.0 Å². The van der Waals surface area contributed by atoms with Crippen LogP contribution in [0.25, 0.3) is 0 Å². The Morgan fingerprint density at radius 2 is 1.59 bits per heavy atom. The van der Waals surface area contributed by atoms with E-state index in [1.54, 1.807) is 7.11 Å². The van der Waals surface area contributed by atoms with Crippen LogP contribution in [0.3, 0.4) is 0 Å². The van der Waals surface area contributed by atoms with Gasteiger partial charge in [-0.2, -0.15) is 0 Å². The molecule has 2 aromatic carbocycles. The number of rotatable bonds is 4. The van der Waals surface area contributed by atoms with Gasteiger partial charge in [0.2, 0.25) is 0 Å². The monoisotopic (exact) mass is 295 g/mol. The van der Waals surface area contributed by atoms with Crippen LogP contribution < -0.4 is 10.1 Å². The number of benzene rings is 2. The third kappa shape index (κ3) is 2.64. The molecule has 0 aliphatic carbocycles. The molecule has 2 heteroatoms. The first-order valence-corrected chi connectivity index (χ1v) is 8.09. The SMILES string of the molecule is COc1ccc(C(C)(c2ccc(C)cc2)C2CCCN2)cc1. The Labute approximate surface area is 133 Å². The normalized spacial score (nSPS) is 20.6. The first kappa shape index (κ1) is 15.1. The second-order valence-corrected chi connectivity index (χ2v) is 6.45. The maximum Gasteiger partial charge on any atom is 0.118 e. The lowest BCUT2D eigenvalue weighted by Crippen LogP contribution is -2.43. The van der Waals surface area contributed by atoms with E-state index >= 15 is 0 Å². The molecule has 0 spiro atoms.